The van der Waals surface area contributed by atoms with Crippen molar-refractivity contribution in [1.29, 1.82) is 0 Å². The second kappa shape index (κ2) is 7.02. The van der Waals surface area contributed by atoms with Gasteiger partial charge in [-0.25, -0.2) is 0 Å². The second-order valence-electron chi connectivity index (χ2n) is 9.75. The molecule has 152 valence electrons. The Morgan fingerprint density at radius 2 is 1.93 bits per heavy atom. The molecule has 2 fully saturated rings. The summed E-state index contributed by atoms with van der Waals surface area (Å²) in [4.78, 5) is 0. The fraction of sp³-hybridized carbons (Fsp3) is 0.481. The average molecular weight is 389 g/mol. The minimum Gasteiger partial charge on any atom is -0.457 e. The number of ether oxygens (including phenoxy) is 1. The van der Waals surface area contributed by atoms with E-state index < -0.39 is 0 Å². The van der Waals surface area contributed by atoms with E-state index in [2.05, 4.69) is 50.8 Å². The summed E-state index contributed by atoms with van der Waals surface area (Å²) in [7, 11) is 0. The zero-order valence-electron chi connectivity index (χ0n) is 17.7. The average Bonchev–Trinajstić information content (AvgIpc) is 3.02. The second-order valence-corrected chi connectivity index (χ2v) is 9.75. The molecule has 0 aromatic heterocycles. The zero-order valence-corrected chi connectivity index (χ0v) is 17.7. The number of aryl methyl sites for hydroxylation is 2. The van der Waals surface area contributed by atoms with Crippen molar-refractivity contribution in [3.63, 3.8) is 0 Å². The van der Waals surface area contributed by atoms with Gasteiger partial charge in [0.25, 0.3) is 0 Å². The van der Waals surface area contributed by atoms with Gasteiger partial charge >= 0.3 is 0 Å². The molecule has 29 heavy (non-hydrogen) atoms. The van der Waals surface area contributed by atoms with Gasteiger partial charge in [-0.15, -0.1) is 0 Å². The molecule has 0 saturated heterocycles. The molecule has 3 aliphatic rings. The predicted molar refractivity (Wildman–Crippen MR) is 118 cm³/mol. The molecule has 2 heteroatoms. The van der Waals surface area contributed by atoms with Crippen LogP contribution in [0, 0.1) is 24.2 Å². The molecule has 2 aromatic carbocycles. The van der Waals surface area contributed by atoms with Crippen LogP contribution in [-0.2, 0) is 6.42 Å². The highest BCUT2D eigenvalue weighted by Gasteiger charge is 2.54. The first kappa shape index (κ1) is 18.9. The highest BCUT2D eigenvalue weighted by Crippen LogP contribution is 2.60. The Morgan fingerprint density at radius 1 is 1.10 bits per heavy atom. The maximum absolute atomic E-state index is 10.6. The van der Waals surface area contributed by atoms with E-state index in [0.29, 0.717) is 17.6 Å². The maximum Gasteiger partial charge on any atom is 0.127 e. The lowest BCUT2D eigenvalue weighted by atomic mass is 9.55. The summed E-state index contributed by atoms with van der Waals surface area (Å²) >= 11 is 0. The van der Waals surface area contributed by atoms with Crippen LogP contribution in [-0.4, -0.2) is 11.2 Å². The van der Waals surface area contributed by atoms with Crippen molar-refractivity contribution in [3.05, 3.63) is 71.3 Å². The first-order valence-electron chi connectivity index (χ1n) is 11.2. The highest BCUT2D eigenvalue weighted by molar-refractivity contribution is 5.63. The third kappa shape index (κ3) is 3.04. The van der Waals surface area contributed by atoms with Gasteiger partial charge in [-0.1, -0.05) is 43.8 Å². The largest absolute Gasteiger partial charge is 0.457 e. The van der Waals surface area contributed by atoms with E-state index >= 15 is 0 Å². The van der Waals surface area contributed by atoms with E-state index in [1.54, 1.807) is 0 Å². The molecule has 2 saturated carbocycles. The maximum atomic E-state index is 10.6. The molecular formula is C27H32O2. The van der Waals surface area contributed by atoms with Gasteiger partial charge in [0.15, 0.2) is 0 Å². The van der Waals surface area contributed by atoms with Crippen LogP contribution < -0.4 is 4.74 Å². The summed E-state index contributed by atoms with van der Waals surface area (Å²) in [6.07, 6.45) is 6.81. The number of fused-ring (bicyclic) bond motifs is 5. The molecule has 2 aromatic rings. The standard InChI is InChI=1S/C27H32O2/c1-17-6-4-5-7-21(17)18(2)29-20-9-11-22-19(16-20)8-10-24-23(22)14-15-27(3)25(24)12-13-26(27)28/h4-7,9,11,16,23-26,28H,2,8,10,12-15H2,1,3H3/t23-,24-,25+,26-,27+/m1/s1. The molecule has 0 radical (unpaired) electrons. The monoisotopic (exact) mass is 388 g/mol. The number of hydrogen-bond acceptors (Lipinski definition) is 2. The van der Waals surface area contributed by atoms with Crippen LogP contribution >= 0.6 is 0 Å². The van der Waals surface area contributed by atoms with Crippen molar-refractivity contribution in [2.75, 3.05) is 0 Å². The molecule has 0 amide bonds. The van der Waals surface area contributed by atoms with Gasteiger partial charge in [-0.05, 0) is 97.4 Å². The van der Waals surface area contributed by atoms with Crippen LogP contribution in [0.25, 0.3) is 5.76 Å². The lowest BCUT2D eigenvalue weighted by Crippen LogP contribution is -2.43. The Morgan fingerprint density at radius 3 is 2.76 bits per heavy atom. The Labute approximate surface area is 174 Å². The van der Waals surface area contributed by atoms with Crippen molar-refractivity contribution in [2.45, 2.75) is 64.4 Å². The lowest BCUT2D eigenvalue weighted by molar-refractivity contribution is -0.0226. The number of aliphatic hydroxyl groups excluding tert-OH is 1. The molecule has 0 heterocycles. The van der Waals surface area contributed by atoms with E-state index in [0.717, 1.165) is 36.5 Å². The Balaban J connectivity index is 1.37. The van der Waals surface area contributed by atoms with Crippen LogP contribution in [0.4, 0.5) is 0 Å². The van der Waals surface area contributed by atoms with Crippen LogP contribution in [0.15, 0.2) is 49.0 Å². The van der Waals surface area contributed by atoms with Gasteiger partial charge < -0.3 is 9.84 Å². The van der Waals surface area contributed by atoms with Gasteiger partial charge in [-0.2, -0.15) is 0 Å². The number of rotatable bonds is 3. The SMILES string of the molecule is C=C(Oc1ccc2c(c1)CC[C@@H]1[C@@H]2CC[C@]2(C)[C@H](O)CC[C@@H]12)c1ccccc1C. The molecule has 2 nitrogen and oxygen atoms in total. The fourth-order valence-corrected chi connectivity index (χ4v) is 6.68. The summed E-state index contributed by atoms with van der Waals surface area (Å²) in [5, 5.41) is 10.6. The Hall–Kier alpha value is -2.06. The predicted octanol–water partition coefficient (Wildman–Crippen LogP) is 6.26. The van der Waals surface area contributed by atoms with Crippen molar-refractivity contribution >= 4 is 5.76 Å². The molecule has 1 N–H and O–H groups in total. The number of aliphatic hydroxyl groups is 1. The van der Waals surface area contributed by atoms with Gasteiger partial charge in [0, 0.05) is 5.56 Å². The summed E-state index contributed by atoms with van der Waals surface area (Å²) in [5.41, 5.74) is 5.37. The fourth-order valence-electron chi connectivity index (χ4n) is 6.68. The quantitative estimate of drug-likeness (QED) is 0.629. The van der Waals surface area contributed by atoms with Crippen molar-refractivity contribution < 1.29 is 9.84 Å². The van der Waals surface area contributed by atoms with E-state index in [-0.39, 0.29) is 11.5 Å². The van der Waals surface area contributed by atoms with E-state index in [9.17, 15) is 5.11 Å². The molecule has 5 rings (SSSR count). The molecule has 3 aliphatic carbocycles. The molecule has 0 bridgehead atoms. The first-order valence-corrected chi connectivity index (χ1v) is 11.2. The van der Waals surface area contributed by atoms with Crippen LogP contribution in [0.3, 0.4) is 0 Å². The van der Waals surface area contributed by atoms with E-state index in [4.69, 9.17) is 4.74 Å². The Kier molecular flexibility index (Phi) is 4.58. The Bertz CT molecular complexity index is 945. The zero-order chi connectivity index (χ0) is 20.2. The van der Waals surface area contributed by atoms with E-state index in [1.807, 2.05) is 12.1 Å². The summed E-state index contributed by atoms with van der Waals surface area (Å²) in [5.74, 6) is 3.67. The van der Waals surface area contributed by atoms with Gasteiger partial charge in [0.1, 0.15) is 11.5 Å². The topological polar surface area (TPSA) is 29.5 Å². The van der Waals surface area contributed by atoms with Crippen LogP contribution in [0.2, 0.25) is 0 Å². The van der Waals surface area contributed by atoms with Crippen LogP contribution in [0.1, 0.15) is 67.2 Å². The highest BCUT2D eigenvalue weighted by atomic mass is 16.5. The van der Waals surface area contributed by atoms with Crippen molar-refractivity contribution in [2.24, 2.45) is 17.3 Å². The van der Waals surface area contributed by atoms with Gasteiger partial charge in [-0.3, -0.25) is 0 Å². The van der Waals surface area contributed by atoms with Crippen molar-refractivity contribution in [1.82, 2.24) is 0 Å². The summed E-state index contributed by atoms with van der Waals surface area (Å²) < 4.78 is 6.16. The third-order valence-electron chi connectivity index (χ3n) is 8.33. The number of hydrogen-bond donors (Lipinski definition) is 1. The normalized spacial score (nSPS) is 32.8. The summed E-state index contributed by atoms with van der Waals surface area (Å²) in [6, 6.07) is 14.9. The van der Waals surface area contributed by atoms with E-state index in [1.165, 1.54) is 36.0 Å². The summed E-state index contributed by atoms with van der Waals surface area (Å²) in [6.45, 7) is 8.60. The molecule has 0 unspecified atom stereocenters. The third-order valence-corrected chi connectivity index (χ3v) is 8.33. The van der Waals surface area contributed by atoms with Crippen molar-refractivity contribution in [3.8, 4) is 5.75 Å². The molecular weight excluding hydrogens is 356 g/mol. The minimum absolute atomic E-state index is 0.0990. The molecule has 0 aliphatic heterocycles. The minimum atomic E-state index is -0.0990. The van der Waals surface area contributed by atoms with Gasteiger partial charge in [0.05, 0.1) is 6.10 Å². The van der Waals surface area contributed by atoms with Crippen LogP contribution in [0.5, 0.6) is 5.75 Å². The van der Waals surface area contributed by atoms with Gasteiger partial charge in [0.2, 0.25) is 0 Å². The molecule has 5 atom stereocenters. The smallest absolute Gasteiger partial charge is 0.127 e. The molecule has 0 spiro atoms. The lowest BCUT2D eigenvalue weighted by Gasteiger charge is -2.50. The number of benzene rings is 2. The first-order chi connectivity index (χ1) is 14.0.